The van der Waals surface area contributed by atoms with Crippen LogP contribution in [0.25, 0.3) is 0 Å². The number of benzene rings is 1. The predicted molar refractivity (Wildman–Crippen MR) is 72.2 cm³/mol. The number of carbonyl (C=O) groups excluding carboxylic acids is 1. The Hall–Kier alpha value is -1.82. The molecule has 0 bridgehead atoms. The zero-order valence-corrected chi connectivity index (χ0v) is 11.9. The maximum atomic E-state index is 11.9. The number of rotatable bonds is 5. The molecule has 5 nitrogen and oxygen atoms in total. The molecule has 0 aromatic heterocycles. The maximum Gasteiger partial charge on any atom is 0.407 e. The van der Waals surface area contributed by atoms with Gasteiger partial charge in [0, 0.05) is 0 Å². The molecule has 1 rings (SSSR count). The number of aliphatic hydroxyl groups is 1. The summed E-state index contributed by atoms with van der Waals surface area (Å²) < 4.78 is 21.7. The van der Waals surface area contributed by atoms with E-state index in [0.29, 0.717) is 11.3 Å². The first kappa shape index (κ1) is 16.2. The van der Waals surface area contributed by atoms with E-state index in [1.54, 1.807) is 45.0 Å². The highest BCUT2D eigenvalue weighted by atomic mass is 19.1. The molecule has 1 aromatic rings. The van der Waals surface area contributed by atoms with Crippen molar-refractivity contribution >= 4 is 6.09 Å². The number of nitrogens with one attached hydrogen (secondary N) is 1. The Morgan fingerprint density at radius 1 is 1.35 bits per heavy atom. The molecule has 2 N–H and O–H groups in total. The van der Waals surface area contributed by atoms with Crippen LogP contribution in [-0.4, -0.2) is 30.2 Å². The normalized spacial score (nSPS) is 12.7. The van der Waals surface area contributed by atoms with Gasteiger partial charge in [0.2, 0.25) is 6.86 Å². The van der Waals surface area contributed by atoms with Gasteiger partial charge in [-0.3, -0.25) is 0 Å². The van der Waals surface area contributed by atoms with Crippen molar-refractivity contribution in [2.45, 2.75) is 32.5 Å². The average Bonchev–Trinajstić information content (AvgIpc) is 2.35. The highest BCUT2D eigenvalue weighted by molar-refractivity contribution is 5.67. The van der Waals surface area contributed by atoms with E-state index >= 15 is 0 Å². The molecule has 0 aliphatic heterocycles. The van der Waals surface area contributed by atoms with Crippen LogP contribution in [-0.2, 0) is 4.74 Å². The minimum absolute atomic E-state index is 0.0260. The van der Waals surface area contributed by atoms with Gasteiger partial charge in [0.05, 0.1) is 12.6 Å². The Balaban J connectivity index is 2.46. The van der Waals surface area contributed by atoms with Crippen molar-refractivity contribution in [2.75, 3.05) is 13.4 Å². The minimum Gasteiger partial charge on any atom is -0.463 e. The topological polar surface area (TPSA) is 67.8 Å². The molecule has 0 fully saturated rings. The molecule has 0 unspecified atom stereocenters. The van der Waals surface area contributed by atoms with Crippen molar-refractivity contribution in [1.82, 2.24) is 5.32 Å². The number of hydrogen-bond donors (Lipinski definition) is 2. The third-order valence-corrected chi connectivity index (χ3v) is 2.32. The van der Waals surface area contributed by atoms with Gasteiger partial charge in [0.15, 0.2) is 0 Å². The van der Waals surface area contributed by atoms with E-state index in [1.807, 2.05) is 0 Å². The Morgan fingerprint density at radius 3 is 2.45 bits per heavy atom. The fourth-order valence-corrected chi connectivity index (χ4v) is 1.46. The lowest BCUT2D eigenvalue weighted by Crippen LogP contribution is -2.34. The largest absolute Gasteiger partial charge is 0.463 e. The van der Waals surface area contributed by atoms with Gasteiger partial charge in [-0.25, -0.2) is 9.18 Å². The quantitative estimate of drug-likeness (QED) is 0.872. The number of ether oxygens (including phenoxy) is 2. The molecule has 0 aliphatic carbocycles. The monoisotopic (exact) mass is 285 g/mol. The lowest BCUT2D eigenvalue weighted by molar-refractivity contribution is 0.0491. The van der Waals surface area contributed by atoms with Crippen LogP contribution in [0.3, 0.4) is 0 Å². The third kappa shape index (κ3) is 5.88. The summed E-state index contributed by atoms with van der Waals surface area (Å²) in [5, 5.41) is 12.4. The highest BCUT2D eigenvalue weighted by Crippen LogP contribution is 2.17. The van der Waals surface area contributed by atoms with Crippen LogP contribution in [0.5, 0.6) is 5.75 Å². The molecule has 1 aromatic carbocycles. The highest BCUT2D eigenvalue weighted by Gasteiger charge is 2.17. The standard InChI is InChI=1S/C14H20FNO4/c1-14(2,3)20-13(18)16-8-12(17)10-4-6-11(7-5-10)19-9-15/h4-7,12,17H,8-9H2,1-3H3,(H,16,18)/t12-/m0/s1. The average molecular weight is 285 g/mol. The van der Waals surface area contributed by atoms with E-state index in [0.717, 1.165) is 0 Å². The number of amides is 1. The summed E-state index contributed by atoms with van der Waals surface area (Å²) in [4.78, 5) is 11.4. The van der Waals surface area contributed by atoms with Crippen molar-refractivity contribution in [3.8, 4) is 5.75 Å². The van der Waals surface area contributed by atoms with Crippen molar-refractivity contribution in [1.29, 1.82) is 0 Å². The SMILES string of the molecule is CC(C)(C)OC(=O)NC[C@H](O)c1ccc(OCF)cc1. The van der Waals surface area contributed by atoms with Crippen LogP contribution in [0.4, 0.5) is 9.18 Å². The van der Waals surface area contributed by atoms with Crippen LogP contribution in [0.2, 0.25) is 0 Å². The van der Waals surface area contributed by atoms with Gasteiger partial charge in [0.1, 0.15) is 11.4 Å². The van der Waals surface area contributed by atoms with E-state index in [9.17, 15) is 14.3 Å². The zero-order valence-electron chi connectivity index (χ0n) is 11.9. The number of aliphatic hydroxyl groups excluding tert-OH is 1. The molecule has 112 valence electrons. The molecule has 0 heterocycles. The molecule has 0 saturated carbocycles. The Labute approximate surface area is 117 Å². The summed E-state index contributed by atoms with van der Waals surface area (Å²) in [6, 6.07) is 6.30. The van der Waals surface area contributed by atoms with Gasteiger partial charge in [-0.05, 0) is 38.5 Å². The van der Waals surface area contributed by atoms with Crippen LogP contribution in [0.15, 0.2) is 24.3 Å². The molecule has 0 saturated heterocycles. The summed E-state index contributed by atoms with van der Waals surface area (Å²) in [5.41, 5.74) is 0.00711. The fraction of sp³-hybridized carbons (Fsp3) is 0.500. The number of hydrogen-bond acceptors (Lipinski definition) is 4. The second-order valence-corrected chi connectivity index (χ2v) is 5.22. The third-order valence-electron chi connectivity index (χ3n) is 2.32. The summed E-state index contributed by atoms with van der Waals surface area (Å²) in [5.74, 6) is 0.378. The molecule has 20 heavy (non-hydrogen) atoms. The minimum atomic E-state index is -0.901. The smallest absolute Gasteiger partial charge is 0.407 e. The van der Waals surface area contributed by atoms with Crippen molar-refractivity contribution < 1.29 is 23.8 Å². The number of halogens is 1. The van der Waals surface area contributed by atoms with Crippen molar-refractivity contribution in [3.05, 3.63) is 29.8 Å². The van der Waals surface area contributed by atoms with Crippen LogP contribution in [0.1, 0.15) is 32.4 Å². The van der Waals surface area contributed by atoms with E-state index in [-0.39, 0.29) is 6.54 Å². The van der Waals surface area contributed by atoms with Crippen molar-refractivity contribution in [3.63, 3.8) is 0 Å². The zero-order chi connectivity index (χ0) is 15.2. The van der Waals surface area contributed by atoms with Crippen LogP contribution in [0, 0.1) is 0 Å². The van der Waals surface area contributed by atoms with Crippen molar-refractivity contribution in [2.24, 2.45) is 0 Å². The maximum absolute atomic E-state index is 11.9. The molecule has 0 spiro atoms. The predicted octanol–water partition coefficient (Wildman–Crippen LogP) is 2.55. The van der Waals surface area contributed by atoms with Gasteiger partial charge in [-0.2, -0.15) is 0 Å². The number of carbonyl (C=O) groups is 1. The molecular weight excluding hydrogens is 265 g/mol. The first-order valence-electron chi connectivity index (χ1n) is 6.25. The van der Waals surface area contributed by atoms with E-state index in [4.69, 9.17) is 4.74 Å². The number of alkyl halides is 1. The summed E-state index contributed by atoms with van der Waals surface area (Å²) in [6.45, 7) is 4.39. The fourth-order valence-electron chi connectivity index (χ4n) is 1.46. The van der Waals surface area contributed by atoms with Crippen LogP contribution >= 0.6 is 0 Å². The molecule has 1 atom stereocenters. The molecule has 0 aliphatic rings. The van der Waals surface area contributed by atoms with Gasteiger partial charge >= 0.3 is 6.09 Å². The van der Waals surface area contributed by atoms with Gasteiger partial charge in [-0.1, -0.05) is 12.1 Å². The van der Waals surface area contributed by atoms with Gasteiger partial charge < -0.3 is 19.9 Å². The second-order valence-electron chi connectivity index (χ2n) is 5.22. The van der Waals surface area contributed by atoms with Gasteiger partial charge in [-0.15, -0.1) is 0 Å². The summed E-state index contributed by atoms with van der Waals surface area (Å²) in [6.07, 6.45) is -1.46. The van der Waals surface area contributed by atoms with E-state index < -0.39 is 24.7 Å². The van der Waals surface area contributed by atoms with Crippen LogP contribution < -0.4 is 10.1 Å². The Bertz CT molecular complexity index is 428. The second kappa shape index (κ2) is 7.09. The molecular formula is C14H20FNO4. The van der Waals surface area contributed by atoms with E-state index in [2.05, 4.69) is 10.1 Å². The lowest BCUT2D eigenvalue weighted by Gasteiger charge is -2.20. The summed E-state index contributed by atoms with van der Waals surface area (Å²) >= 11 is 0. The van der Waals surface area contributed by atoms with E-state index in [1.165, 1.54) is 0 Å². The summed E-state index contributed by atoms with van der Waals surface area (Å²) in [7, 11) is 0. The molecule has 1 amide bonds. The Kier molecular flexibility index (Phi) is 5.76. The lowest BCUT2D eigenvalue weighted by atomic mass is 10.1. The molecule has 6 heteroatoms. The first-order chi connectivity index (χ1) is 9.31. The van der Waals surface area contributed by atoms with Gasteiger partial charge in [0.25, 0.3) is 0 Å². The first-order valence-corrected chi connectivity index (χ1v) is 6.25. The number of alkyl carbamates (subject to hydrolysis) is 1. The molecule has 0 radical (unpaired) electrons. The Morgan fingerprint density at radius 2 is 1.95 bits per heavy atom.